The van der Waals surface area contributed by atoms with Gasteiger partial charge in [-0.2, -0.15) is 4.98 Å². The highest BCUT2D eigenvalue weighted by molar-refractivity contribution is 5.43. The van der Waals surface area contributed by atoms with Crippen LogP contribution in [0.5, 0.6) is 0 Å². The van der Waals surface area contributed by atoms with E-state index in [1.54, 1.807) is 0 Å². The maximum absolute atomic E-state index is 4.77. The SMILES string of the molecule is CCN(CC)c1ccnc(N2CCN(Cc3ccccc3)CC2)n1. The van der Waals surface area contributed by atoms with Crippen LogP contribution in [0, 0.1) is 0 Å². The minimum Gasteiger partial charge on any atom is -0.357 e. The summed E-state index contributed by atoms with van der Waals surface area (Å²) in [5, 5.41) is 0. The number of aromatic nitrogens is 2. The largest absolute Gasteiger partial charge is 0.357 e. The van der Waals surface area contributed by atoms with Gasteiger partial charge in [-0.1, -0.05) is 30.3 Å². The Hall–Kier alpha value is -2.14. The molecule has 0 radical (unpaired) electrons. The van der Waals surface area contributed by atoms with E-state index in [-0.39, 0.29) is 0 Å². The molecule has 5 heteroatoms. The van der Waals surface area contributed by atoms with Gasteiger partial charge in [-0.3, -0.25) is 4.90 Å². The molecule has 1 fully saturated rings. The van der Waals surface area contributed by atoms with Crippen molar-refractivity contribution in [2.45, 2.75) is 20.4 Å². The van der Waals surface area contributed by atoms with Crippen LogP contribution in [0.15, 0.2) is 42.6 Å². The summed E-state index contributed by atoms with van der Waals surface area (Å²) in [6, 6.07) is 12.7. The lowest BCUT2D eigenvalue weighted by Crippen LogP contribution is -2.46. The third-order valence-corrected chi connectivity index (χ3v) is 4.62. The van der Waals surface area contributed by atoms with Gasteiger partial charge < -0.3 is 9.80 Å². The molecule has 24 heavy (non-hydrogen) atoms. The Morgan fingerprint density at radius 3 is 2.33 bits per heavy atom. The van der Waals surface area contributed by atoms with Crippen molar-refractivity contribution in [3.05, 3.63) is 48.2 Å². The minimum atomic E-state index is 0.860. The molecule has 1 aliphatic heterocycles. The third kappa shape index (κ3) is 4.03. The molecule has 0 bridgehead atoms. The molecule has 0 aliphatic carbocycles. The van der Waals surface area contributed by atoms with E-state index in [0.717, 1.165) is 57.6 Å². The number of hydrogen-bond donors (Lipinski definition) is 0. The number of benzene rings is 1. The first kappa shape index (κ1) is 16.7. The molecule has 0 atom stereocenters. The smallest absolute Gasteiger partial charge is 0.227 e. The highest BCUT2D eigenvalue weighted by atomic mass is 15.3. The first-order chi connectivity index (χ1) is 11.8. The third-order valence-electron chi connectivity index (χ3n) is 4.62. The van der Waals surface area contributed by atoms with Crippen LogP contribution >= 0.6 is 0 Å². The molecule has 5 nitrogen and oxygen atoms in total. The van der Waals surface area contributed by atoms with E-state index in [9.17, 15) is 0 Å². The second-order valence-corrected chi connectivity index (χ2v) is 6.14. The molecule has 0 saturated carbocycles. The Kier molecular flexibility index (Phi) is 5.64. The van der Waals surface area contributed by atoms with Gasteiger partial charge in [-0.15, -0.1) is 0 Å². The molecule has 1 aliphatic rings. The van der Waals surface area contributed by atoms with Crippen LogP contribution in [0.3, 0.4) is 0 Å². The Labute approximate surface area is 144 Å². The van der Waals surface area contributed by atoms with Crippen molar-refractivity contribution in [1.82, 2.24) is 14.9 Å². The van der Waals surface area contributed by atoms with E-state index in [1.807, 2.05) is 12.3 Å². The average molecular weight is 325 g/mol. The van der Waals surface area contributed by atoms with Crippen molar-refractivity contribution in [1.29, 1.82) is 0 Å². The van der Waals surface area contributed by atoms with Crippen LogP contribution in [-0.4, -0.2) is 54.1 Å². The first-order valence-electron chi connectivity index (χ1n) is 8.89. The lowest BCUT2D eigenvalue weighted by molar-refractivity contribution is 0.248. The van der Waals surface area contributed by atoms with Gasteiger partial charge in [0.15, 0.2) is 0 Å². The molecule has 0 amide bonds. The first-order valence-corrected chi connectivity index (χ1v) is 8.89. The summed E-state index contributed by atoms with van der Waals surface area (Å²) in [6.07, 6.45) is 1.88. The van der Waals surface area contributed by atoms with Gasteiger partial charge in [0.1, 0.15) is 5.82 Å². The molecule has 2 aromatic rings. The summed E-state index contributed by atoms with van der Waals surface area (Å²) in [4.78, 5) is 16.3. The van der Waals surface area contributed by atoms with Crippen molar-refractivity contribution in [2.24, 2.45) is 0 Å². The second kappa shape index (κ2) is 8.11. The Bertz CT molecular complexity index is 619. The normalized spacial score (nSPS) is 15.5. The quantitative estimate of drug-likeness (QED) is 0.816. The topological polar surface area (TPSA) is 35.5 Å². The predicted molar refractivity (Wildman–Crippen MR) is 99.5 cm³/mol. The van der Waals surface area contributed by atoms with E-state index in [4.69, 9.17) is 4.98 Å². The summed E-state index contributed by atoms with van der Waals surface area (Å²) in [5.41, 5.74) is 1.38. The molecule has 1 aromatic carbocycles. The highest BCUT2D eigenvalue weighted by Gasteiger charge is 2.19. The molecule has 128 valence electrons. The summed E-state index contributed by atoms with van der Waals surface area (Å²) < 4.78 is 0. The highest BCUT2D eigenvalue weighted by Crippen LogP contribution is 2.17. The summed E-state index contributed by atoms with van der Waals surface area (Å²) in [5.74, 6) is 1.88. The zero-order valence-electron chi connectivity index (χ0n) is 14.7. The minimum absolute atomic E-state index is 0.860. The van der Waals surface area contributed by atoms with E-state index in [0.29, 0.717) is 0 Å². The van der Waals surface area contributed by atoms with E-state index in [2.05, 4.69) is 63.9 Å². The summed E-state index contributed by atoms with van der Waals surface area (Å²) in [7, 11) is 0. The molecule has 0 spiro atoms. The van der Waals surface area contributed by atoms with E-state index < -0.39 is 0 Å². The van der Waals surface area contributed by atoms with Gasteiger partial charge in [0.25, 0.3) is 0 Å². The lowest BCUT2D eigenvalue weighted by atomic mass is 10.2. The van der Waals surface area contributed by atoms with Gasteiger partial charge in [0.05, 0.1) is 0 Å². The molecule has 1 saturated heterocycles. The zero-order valence-corrected chi connectivity index (χ0v) is 14.7. The standard InChI is InChI=1S/C19H27N5/c1-3-23(4-2)18-10-11-20-19(21-18)24-14-12-22(13-15-24)16-17-8-6-5-7-9-17/h5-11H,3-4,12-16H2,1-2H3. The second-order valence-electron chi connectivity index (χ2n) is 6.14. The van der Waals surface area contributed by atoms with Crippen LogP contribution in [0.1, 0.15) is 19.4 Å². The van der Waals surface area contributed by atoms with Crippen LogP contribution in [0.2, 0.25) is 0 Å². The van der Waals surface area contributed by atoms with Gasteiger partial charge in [0, 0.05) is 52.0 Å². The zero-order chi connectivity index (χ0) is 16.8. The van der Waals surface area contributed by atoms with Crippen molar-refractivity contribution < 1.29 is 0 Å². The monoisotopic (exact) mass is 325 g/mol. The summed E-state index contributed by atoms with van der Waals surface area (Å²) in [6.45, 7) is 11.3. The van der Waals surface area contributed by atoms with Crippen molar-refractivity contribution in [2.75, 3.05) is 49.1 Å². The maximum Gasteiger partial charge on any atom is 0.227 e. The van der Waals surface area contributed by atoms with Crippen LogP contribution in [-0.2, 0) is 6.54 Å². The summed E-state index contributed by atoms with van der Waals surface area (Å²) >= 11 is 0. The van der Waals surface area contributed by atoms with Gasteiger partial charge in [-0.25, -0.2) is 4.98 Å². The maximum atomic E-state index is 4.77. The number of rotatable bonds is 6. The van der Waals surface area contributed by atoms with Crippen molar-refractivity contribution >= 4 is 11.8 Å². The number of piperazine rings is 1. The Morgan fingerprint density at radius 1 is 0.958 bits per heavy atom. The predicted octanol–water partition coefficient (Wildman–Crippen LogP) is 2.65. The van der Waals surface area contributed by atoms with E-state index in [1.165, 1.54) is 5.56 Å². The van der Waals surface area contributed by atoms with Gasteiger partial charge >= 0.3 is 0 Å². The fraction of sp³-hybridized carbons (Fsp3) is 0.474. The molecule has 2 heterocycles. The molecule has 0 unspecified atom stereocenters. The van der Waals surface area contributed by atoms with Crippen LogP contribution in [0.25, 0.3) is 0 Å². The van der Waals surface area contributed by atoms with Crippen molar-refractivity contribution in [3.63, 3.8) is 0 Å². The number of hydrogen-bond acceptors (Lipinski definition) is 5. The Balaban J connectivity index is 1.59. The molecule has 1 aromatic heterocycles. The molecular weight excluding hydrogens is 298 g/mol. The van der Waals surface area contributed by atoms with Crippen molar-refractivity contribution in [3.8, 4) is 0 Å². The van der Waals surface area contributed by atoms with E-state index >= 15 is 0 Å². The Morgan fingerprint density at radius 2 is 1.67 bits per heavy atom. The lowest BCUT2D eigenvalue weighted by Gasteiger charge is -2.35. The molecule has 0 N–H and O–H groups in total. The van der Waals surface area contributed by atoms with Crippen LogP contribution < -0.4 is 9.80 Å². The average Bonchev–Trinajstić information content (AvgIpc) is 2.65. The molecular formula is C19H27N5. The number of anilines is 2. The van der Waals surface area contributed by atoms with Gasteiger partial charge in [-0.05, 0) is 25.5 Å². The fourth-order valence-electron chi connectivity index (χ4n) is 3.16. The fourth-order valence-corrected chi connectivity index (χ4v) is 3.16. The number of nitrogens with zero attached hydrogens (tertiary/aromatic N) is 5. The molecule has 3 rings (SSSR count). The van der Waals surface area contributed by atoms with Gasteiger partial charge in [0.2, 0.25) is 5.95 Å². The van der Waals surface area contributed by atoms with Crippen LogP contribution in [0.4, 0.5) is 11.8 Å².